The van der Waals surface area contributed by atoms with Gasteiger partial charge in [-0.1, -0.05) is 6.42 Å². The minimum absolute atomic E-state index is 0. The van der Waals surface area contributed by atoms with Gasteiger partial charge in [0.05, 0.1) is 0 Å². The Morgan fingerprint density at radius 3 is 2.87 bits per heavy atom. The smallest absolute Gasteiger partial charge is 0.0223 e. The number of hydrogen-bond donors (Lipinski definition) is 0. The van der Waals surface area contributed by atoms with Crippen LogP contribution in [-0.4, -0.2) is 48.6 Å². The van der Waals surface area contributed by atoms with Crippen molar-refractivity contribution in [3.63, 3.8) is 0 Å². The molecule has 2 aliphatic heterocycles. The van der Waals surface area contributed by atoms with Crippen LogP contribution in [0.15, 0.2) is 0 Å². The third-order valence-corrected chi connectivity index (χ3v) is 3.66. The van der Waals surface area contributed by atoms with E-state index in [2.05, 4.69) is 23.1 Å². The van der Waals surface area contributed by atoms with Crippen molar-refractivity contribution in [2.24, 2.45) is 0 Å². The van der Waals surface area contributed by atoms with Gasteiger partial charge in [0.15, 0.2) is 0 Å². The van der Waals surface area contributed by atoms with Crippen LogP contribution in [0.25, 0.3) is 0 Å². The van der Waals surface area contributed by atoms with Gasteiger partial charge in [0, 0.05) is 58.4 Å². The largest absolute Gasteiger partial charge is 0.330 e. The number of hydrogen-bond acceptors (Lipinski definition) is 2. The second kappa shape index (κ2) is 7.37. The second-order valence-electron chi connectivity index (χ2n) is 4.68. The van der Waals surface area contributed by atoms with Crippen molar-refractivity contribution < 1.29 is 32.7 Å². The number of nitrogens with zero attached hydrogens (tertiary/aromatic N) is 2. The van der Waals surface area contributed by atoms with E-state index in [1.165, 1.54) is 58.4 Å². The van der Waals surface area contributed by atoms with Crippen molar-refractivity contribution >= 4 is 0 Å². The summed E-state index contributed by atoms with van der Waals surface area (Å²) < 4.78 is 0. The topological polar surface area (TPSA) is 6.48 Å². The third-order valence-electron chi connectivity index (χ3n) is 3.66. The van der Waals surface area contributed by atoms with Gasteiger partial charge < -0.3 is 11.3 Å². The first-order chi connectivity index (χ1) is 6.90. The average Bonchev–Trinajstić information content (AvgIpc) is 2.26. The summed E-state index contributed by atoms with van der Waals surface area (Å²) in [5.74, 6) is 0. The Bertz CT molecular complexity index is 175. The van der Waals surface area contributed by atoms with Gasteiger partial charge >= 0.3 is 0 Å². The minimum atomic E-state index is 0. The van der Waals surface area contributed by atoms with E-state index in [9.17, 15) is 0 Å². The summed E-state index contributed by atoms with van der Waals surface area (Å²) in [6.45, 7) is 8.74. The number of piperidine rings is 1. The van der Waals surface area contributed by atoms with Crippen LogP contribution in [0, 0.1) is 6.42 Å². The first kappa shape index (κ1) is 14.1. The molecule has 0 spiro atoms. The normalized spacial score (nSPS) is 28.2. The van der Waals surface area contributed by atoms with Crippen LogP contribution in [0.1, 0.15) is 32.6 Å². The molecule has 2 nitrogen and oxygen atoms in total. The predicted octanol–water partition coefficient (Wildman–Crippen LogP) is 1.77. The molecule has 85 valence electrons. The fourth-order valence-electron chi connectivity index (χ4n) is 2.74. The van der Waals surface area contributed by atoms with Crippen molar-refractivity contribution in [3.8, 4) is 0 Å². The summed E-state index contributed by atoms with van der Waals surface area (Å²) in [5, 5.41) is 0. The molecule has 2 saturated heterocycles. The van der Waals surface area contributed by atoms with Crippen LogP contribution in [0.3, 0.4) is 0 Å². The summed E-state index contributed by atoms with van der Waals surface area (Å²) in [6.07, 6.45) is 7.86. The molecule has 0 saturated carbocycles. The molecule has 0 aromatic rings. The summed E-state index contributed by atoms with van der Waals surface area (Å²) in [4.78, 5) is 5.35. The maximum Gasteiger partial charge on any atom is 0.0223 e. The predicted molar refractivity (Wildman–Crippen MR) is 60.2 cm³/mol. The summed E-state index contributed by atoms with van der Waals surface area (Å²) >= 11 is 0. The zero-order valence-electron chi connectivity index (χ0n) is 9.99. The fourth-order valence-corrected chi connectivity index (χ4v) is 2.74. The quantitative estimate of drug-likeness (QED) is 0.729. The third kappa shape index (κ3) is 4.07. The average molecular weight is 284 g/mol. The fraction of sp³-hybridized carbons (Fsp3) is 0.917. The molecule has 2 fully saturated rings. The second-order valence-corrected chi connectivity index (χ2v) is 4.68. The Kier molecular flexibility index (Phi) is 6.92. The van der Waals surface area contributed by atoms with Gasteiger partial charge in [-0.15, -0.1) is 0 Å². The molecule has 3 heteroatoms. The molecule has 0 bridgehead atoms. The molecule has 0 aromatic carbocycles. The Hall–Kier alpha value is 1.02. The van der Waals surface area contributed by atoms with E-state index < -0.39 is 0 Å². The zero-order chi connectivity index (χ0) is 9.80. The Balaban J connectivity index is 0.00000112. The van der Waals surface area contributed by atoms with Crippen LogP contribution in [0.2, 0.25) is 0 Å². The molecule has 0 aromatic heterocycles. The SMILES string of the molecule is C[CH-]CCN1CCN2CCCCC2C1.[Y]. The standard InChI is InChI=1S/C12H23N2.Y/c1-2-3-7-13-9-10-14-8-5-4-6-12(14)11-13;/h2,12H,3-11H2,1H3;/q-1;. The molecule has 1 unspecified atom stereocenters. The molecule has 2 rings (SSSR count). The van der Waals surface area contributed by atoms with Crippen molar-refractivity contribution in [1.29, 1.82) is 0 Å². The molecular weight excluding hydrogens is 261 g/mol. The first-order valence-corrected chi connectivity index (χ1v) is 6.14. The van der Waals surface area contributed by atoms with Gasteiger partial charge in [0.1, 0.15) is 0 Å². The van der Waals surface area contributed by atoms with Crippen molar-refractivity contribution in [3.05, 3.63) is 6.42 Å². The van der Waals surface area contributed by atoms with Gasteiger partial charge in [-0.25, -0.2) is 0 Å². The Labute approximate surface area is 120 Å². The van der Waals surface area contributed by atoms with Crippen molar-refractivity contribution in [2.45, 2.75) is 38.6 Å². The molecule has 1 atom stereocenters. The Morgan fingerprint density at radius 1 is 1.20 bits per heavy atom. The van der Waals surface area contributed by atoms with E-state index in [1.54, 1.807) is 0 Å². The van der Waals surface area contributed by atoms with Gasteiger partial charge in [-0.05, 0) is 25.9 Å². The van der Waals surface area contributed by atoms with Crippen LogP contribution in [-0.2, 0) is 32.7 Å². The van der Waals surface area contributed by atoms with E-state index in [0.29, 0.717) is 0 Å². The van der Waals surface area contributed by atoms with E-state index in [4.69, 9.17) is 0 Å². The monoisotopic (exact) mass is 284 g/mol. The number of fused-ring (bicyclic) bond motifs is 1. The molecule has 2 heterocycles. The molecule has 0 N–H and O–H groups in total. The van der Waals surface area contributed by atoms with E-state index in [0.717, 1.165) is 6.04 Å². The number of unbranched alkanes of at least 4 members (excludes halogenated alkanes) is 1. The minimum Gasteiger partial charge on any atom is -0.330 e. The van der Waals surface area contributed by atoms with E-state index >= 15 is 0 Å². The maximum absolute atomic E-state index is 2.70. The molecular formula is C12H23N2Y-. The van der Waals surface area contributed by atoms with Crippen LogP contribution in [0.4, 0.5) is 0 Å². The molecule has 0 amide bonds. The van der Waals surface area contributed by atoms with Crippen LogP contribution < -0.4 is 0 Å². The summed E-state index contributed by atoms with van der Waals surface area (Å²) in [5.41, 5.74) is 0. The van der Waals surface area contributed by atoms with Crippen LogP contribution in [0.5, 0.6) is 0 Å². The van der Waals surface area contributed by atoms with Gasteiger partial charge in [-0.3, -0.25) is 4.90 Å². The van der Waals surface area contributed by atoms with Crippen molar-refractivity contribution in [1.82, 2.24) is 9.80 Å². The van der Waals surface area contributed by atoms with Gasteiger partial charge in [0.25, 0.3) is 0 Å². The summed E-state index contributed by atoms with van der Waals surface area (Å²) in [7, 11) is 0. The summed E-state index contributed by atoms with van der Waals surface area (Å²) in [6, 6.07) is 0.884. The zero-order valence-corrected chi connectivity index (χ0v) is 12.8. The number of rotatable bonds is 3. The number of piperazine rings is 1. The van der Waals surface area contributed by atoms with E-state index in [1.807, 2.05) is 0 Å². The molecule has 2 aliphatic rings. The maximum atomic E-state index is 2.70. The van der Waals surface area contributed by atoms with E-state index in [-0.39, 0.29) is 32.7 Å². The molecule has 15 heavy (non-hydrogen) atoms. The molecule has 0 aliphatic carbocycles. The van der Waals surface area contributed by atoms with Crippen LogP contribution >= 0.6 is 0 Å². The van der Waals surface area contributed by atoms with Crippen molar-refractivity contribution in [2.75, 3.05) is 32.7 Å². The van der Waals surface area contributed by atoms with Gasteiger partial charge in [0.2, 0.25) is 0 Å². The first-order valence-electron chi connectivity index (χ1n) is 6.14. The molecule has 1 radical (unpaired) electrons. The Morgan fingerprint density at radius 2 is 2.07 bits per heavy atom. The van der Waals surface area contributed by atoms with Gasteiger partial charge in [-0.2, -0.15) is 13.3 Å².